The molecule has 2 aromatic carbocycles. The highest BCUT2D eigenvalue weighted by Crippen LogP contribution is 2.23. The zero-order valence-corrected chi connectivity index (χ0v) is 12.3. The molecule has 4 heteroatoms. The van der Waals surface area contributed by atoms with Crippen LogP contribution < -0.4 is 4.18 Å². The largest absolute Gasteiger partial charge is 0.379 e. The van der Waals surface area contributed by atoms with Crippen molar-refractivity contribution in [3.63, 3.8) is 0 Å². The molecular weight excluding hydrogens is 272 g/mol. The highest BCUT2D eigenvalue weighted by Gasteiger charge is 2.19. The van der Waals surface area contributed by atoms with Gasteiger partial charge in [0.1, 0.15) is 10.6 Å². The molecule has 0 aliphatic heterocycles. The summed E-state index contributed by atoms with van der Waals surface area (Å²) in [5.41, 5.74) is 2.44. The van der Waals surface area contributed by atoms with Crippen LogP contribution in [0.2, 0.25) is 0 Å². The van der Waals surface area contributed by atoms with E-state index < -0.39 is 10.1 Å². The third-order valence-electron chi connectivity index (χ3n) is 2.85. The second-order valence-corrected chi connectivity index (χ2v) is 6.11. The molecule has 20 heavy (non-hydrogen) atoms. The van der Waals surface area contributed by atoms with E-state index in [1.54, 1.807) is 30.3 Å². The average molecular weight is 288 g/mol. The number of rotatable bonds is 4. The molecule has 0 bridgehead atoms. The van der Waals surface area contributed by atoms with Gasteiger partial charge in [-0.25, -0.2) is 0 Å². The Bertz CT molecular complexity index is 746. The van der Waals surface area contributed by atoms with Gasteiger partial charge in [-0.3, -0.25) is 0 Å². The second kappa shape index (κ2) is 5.51. The van der Waals surface area contributed by atoms with E-state index in [2.05, 4.69) is 6.58 Å². The lowest BCUT2D eigenvalue weighted by atomic mass is 10.1. The predicted octanol–water partition coefficient (Wildman–Crippen LogP) is 3.71. The summed E-state index contributed by atoms with van der Waals surface area (Å²) in [5, 5.41) is 0. The first-order valence-electron chi connectivity index (χ1n) is 6.16. The minimum Gasteiger partial charge on any atom is -0.379 e. The van der Waals surface area contributed by atoms with Gasteiger partial charge in [0.25, 0.3) is 0 Å². The molecule has 0 radical (unpaired) electrons. The van der Waals surface area contributed by atoms with E-state index in [0.717, 1.165) is 11.1 Å². The molecule has 0 fully saturated rings. The van der Waals surface area contributed by atoms with Crippen LogP contribution in [0.4, 0.5) is 0 Å². The molecule has 0 aliphatic rings. The number of benzene rings is 2. The second-order valence-electron chi connectivity index (χ2n) is 4.60. The van der Waals surface area contributed by atoms with Crippen molar-refractivity contribution in [1.82, 2.24) is 0 Å². The van der Waals surface area contributed by atoms with Gasteiger partial charge in [-0.05, 0) is 43.2 Å². The van der Waals surface area contributed by atoms with Gasteiger partial charge >= 0.3 is 10.1 Å². The molecule has 2 rings (SSSR count). The summed E-state index contributed by atoms with van der Waals surface area (Å²) in [6, 6.07) is 12.0. The van der Waals surface area contributed by atoms with Crippen LogP contribution in [0.25, 0.3) is 6.08 Å². The topological polar surface area (TPSA) is 43.4 Å². The number of hydrogen-bond acceptors (Lipinski definition) is 3. The van der Waals surface area contributed by atoms with Crippen LogP contribution in [0.3, 0.4) is 0 Å². The van der Waals surface area contributed by atoms with Gasteiger partial charge in [0.2, 0.25) is 0 Å². The molecule has 0 aliphatic carbocycles. The average Bonchev–Trinajstić information content (AvgIpc) is 2.37. The van der Waals surface area contributed by atoms with E-state index in [4.69, 9.17) is 4.18 Å². The quantitative estimate of drug-likeness (QED) is 0.805. The zero-order valence-electron chi connectivity index (χ0n) is 11.5. The lowest BCUT2D eigenvalue weighted by Gasteiger charge is -2.10. The Hall–Kier alpha value is -2.07. The first-order chi connectivity index (χ1) is 9.42. The summed E-state index contributed by atoms with van der Waals surface area (Å²) >= 11 is 0. The summed E-state index contributed by atoms with van der Waals surface area (Å²) in [6.07, 6.45) is 1.51. The van der Waals surface area contributed by atoms with Gasteiger partial charge in [-0.1, -0.05) is 42.5 Å². The van der Waals surface area contributed by atoms with Crippen molar-refractivity contribution in [3.05, 3.63) is 65.7 Å². The fourth-order valence-corrected chi connectivity index (χ4v) is 3.01. The van der Waals surface area contributed by atoms with Crippen molar-refractivity contribution in [2.24, 2.45) is 0 Å². The lowest BCUT2D eigenvalue weighted by Crippen LogP contribution is -2.11. The standard InChI is InChI=1S/C16H16O3S/c1-4-14-10-13(3)8-9-16(14)20(17,18)19-15-7-5-6-12(2)11-15/h4-11H,1H2,2-3H3. The molecule has 0 aromatic heterocycles. The number of aryl methyl sites for hydroxylation is 2. The maximum atomic E-state index is 12.3. The molecule has 0 heterocycles. The van der Waals surface area contributed by atoms with E-state index >= 15 is 0 Å². The maximum Gasteiger partial charge on any atom is 0.339 e. The van der Waals surface area contributed by atoms with Crippen molar-refractivity contribution in [2.45, 2.75) is 18.7 Å². The fraction of sp³-hybridized carbons (Fsp3) is 0.125. The monoisotopic (exact) mass is 288 g/mol. The first-order valence-corrected chi connectivity index (χ1v) is 7.57. The summed E-state index contributed by atoms with van der Waals surface area (Å²) in [6.45, 7) is 7.42. The van der Waals surface area contributed by atoms with Gasteiger partial charge in [0, 0.05) is 0 Å². The van der Waals surface area contributed by atoms with Crippen LogP contribution in [-0.4, -0.2) is 8.42 Å². The number of hydrogen-bond donors (Lipinski definition) is 0. The molecule has 3 nitrogen and oxygen atoms in total. The van der Waals surface area contributed by atoms with E-state index in [9.17, 15) is 8.42 Å². The van der Waals surface area contributed by atoms with Gasteiger partial charge in [-0.2, -0.15) is 8.42 Å². The van der Waals surface area contributed by atoms with Crippen molar-refractivity contribution in [1.29, 1.82) is 0 Å². The molecule has 0 N–H and O–H groups in total. The Labute approximate surface area is 119 Å². The van der Waals surface area contributed by atoms with Crippen molar-refractivity contribution in [3.8, 4) is 5.75 Å². The van der Waals surface area contributed by atoms with Crippen LogP contribution in [0.1, 0.15) is 16.7 Å². The Morgan fingerprint density at radius 3 is 2.40 bits per heavy atom. The third-order valence-corrected chi connectivity index (χ3v) is 4.17. The maximum absolute atomic E-state index is 12.3. The Balaban J connectivity index is 2.43. The summed E-state index contributed by atoms with van der Waals surface area (Å²) < 4.78 is 29.8. The van der Waals surface area contributed by atoms with Crippen molar-refractivity contribution < 1.29 is 12.6 Å². The molecule has 0 spiro atoms. The summed E-state index contributed by atoms with van der Waals surface area (Å²) in [5.74, 6) is 0.306. The van der Waals surface area contributed by atoms with Crippen LogP contribution in [0, 0.1) is 13.8 Å². The minimum atomic E-state index is -3.86. The first kappa shape index (κ1) is 14.3. The molecule has 0 atom stereocenters. The molecule has 104 valence electrons. The van der Waals surface area contributed by atoms with Gasteiger partial charge in [-0.15, -0.1) is 0 Å². The van der Waals surface area contributed by atoms with E-state index in [0.29, 0.717) is 11.3 Å². The zero-order chi connectivity index (χ0) is 14.8. The fourth-order valence-electron chi connectivity index (χ4n) is 1.89. The van der Waals surface area contributed by atoms with Gasteiger partial charge < -0.3 is 4.18 Å². The highest BCUT2D eigenvalue weighted by atomic mass is 32.2. The minimum absolute atomic E-state index is 0.125. The van der Waals surface area contributed by atoms with Crippen molar-refractivity contribution >= 4 is 16.2 Å². The van der Waals surface area contributed by atoms with E-state index in [1.165, 1.54) is 12.1 Å². The molecule has 0 unspecified atom stereocenters. The van der Waals surface area contributed by atoms with Crippen LogP contribution in [0.5, 0.6) is 5.75 Å². The van der Waals surface area contributed by atoms with E-state index in [1.807, 2.05) is 19.9 Å². The molecule has 2 aromatic rings. The SMILES string of the molecule is C=Cc1cc(C)ccc1S(=O)(=O)Oc1cccc(C)c1. The summed E-state index contributed by atoms with van der Waals surface area (Å²) in [7, 11) is -3.86. The summed E-state index contributed by atoms with van der Waals surface area (Å²) in [4.78, 5) is 0.125. The van der Waals surface area contributed by atoms with Gasteiger partial charge in [0.05, 0.1) is 0 Å². The molecule has 0 saturated carbocycles. The highest BCUT2D eigenvalue weighted by molar-refractivity contribution is 7.87. The van der Waals surface area contributed by atoms with Crippen LogP contribution in [-0.2, 0) is 10.1 Å². The molecule has 0 saturated heterocycles. The van der Waals surface area contributed by atoms with Gasteiger partial charge in [0.15, 0.2) is 0 Å². The smallest absolute Gasteiger partial charge is 0.339 e. The Morgan fingerprint density at radius 2 is 1.75 bits per heavy atom. The normalized spacial score (nSPS) is 11.1. The Kier molecular flexibility index (Phi) is 3.95. The molecule has 0 amide bonds. The lowest BCUT2D eigenvalue weighted by molar-refractivity contribution is 0.485. The third kappa shape index (κ3) is 3.08. The Morgan fingerprint density at radius 1 is 1.05 bits per heavy atom. The van der Waals surface area contributed by atoms with E-state index in [-0.39, 0.29) is 4.90 Å². The van der Waals surface area contributed by atoms with Crippen molar-refractivity contribution in [2.75, 3.05) is 0 Å². The molecular formula is C16H16O3S. The van der Waals surface area contributed by atoms with Crippen LogP contribution >= 0.6 is 0 Å². The predicted molar refractivity (Wildman–Crippen MR) is 80.3 cm³/mol. The van der Waals surface area contributed by atoms with Crippen LogP contribution in [0.15, 0.2) is 53.9 Å².